The Hall–Kier alpha value is -1.27. The van der Waals surface area contributed by atoms with E-state index in [9.17, 15) is 4.79 Å². The molecule has 0 unspecified atom stereocenters. The van der Waals surface area contributed by atoms with E-state index < -0.39 is 0 Å². The van der Waals surface area contributed by atoms with Crippen LogP contribution in [-0.2, 0) is 14.3 Å². The third-order valence-electron chi connectivity index (χ3n) is 1.21. The van der Waals surface area contributed by atoms with Crippen molar-refractivity contribution in [3.63, 3.8) is 0 Å². The molecule has 13 heavy (non-hydrogen) atoms. The minimum absolute atomic E-state index is 0.336. The molecule has 0 saturated heterocycles. The molecular formula is C10H14O3. The van der Waals surface area contributed by atoms with E-state index in [1.54, 1.807) is 14.0 Å². The van der Waals surface area contributed by atoms with Crippen molar-refractivity contribution in [3.8, 4) is 11.8 Å². The first kappa shape index (κ1) is 11.7. The van der Waals surface area contributed by atoms with Crippen LogP contribution in [0.5, 0.6) is 0 Å². The zero-order valence-corrected chi connectivity index (χ0v) is 8.05. The summed E-state index contributed by atoms with van der Waals surface area (Å²) in [5, 5.41) is 0. The lowest BCUT2D eigenvalue weighted by Crippen LogP contribution is -2.05. The highest BCUT2D eigenvalue weighted by Gasteiger charge is 2.04. The van der Waals surface area contributed by atoms with Crippen LogP contribution in [0.4, 0.5) is 0 Å². The second kappa shape index (κ2) is 7.38. The normalized spacial score (nSPS) is 8.46. The Bertz CT molecular complexity index is 232. The van der Waals surface area contributed by atoms with E-state index in [-0.39, 0.29) is 5.97 Å². The summed E-state index contributed by atoms with van der Waals surface area (Å²) < 4.78 is 9.44. The summed E-state index contributed by atoms with van der Waals surface area (Å²) >= 11 is 0. The van der Waals surface area contributed by atoms with Gasteiger partial charge >= 0.3 is 5.97 Å². The number of carbonyl (C=O) groups is 1. The number of esters is 1. The summed E-state index contributed by atoms with van der Waals surface area (Å²) in [6, 6.07) is 0. The van der Waals surface area contributed by atoms with Gasteiger partial charge in [-0.1, -0.05) is 18.4 Å². The molecule has 3 nitrogen and oxygen atoms in total. The molecule has 0 bridgehead atoms. The minimum Gasteiger partial charge on any atom is -0.463 e. The molecule has 0 aromatic carbocycles. The predicted octanol–water partition coefficient (Wildman–Crippen LogP) is 1.15. The van der Waals surface area contributed by atoms with Crippen LogP contribution < -0.4 is 0 Å². The van der Waals surface area contributed by atoms with Gasteiger partial charge in [-0.05, 0) is 6.92 Å². The van der Waals surface area contributed by atoms with Crippen molar-refractivity contribution in [3.05, 3.63) is 12.2 Å². The third kappa shape index (κ3) is 5.94. The molecule has 0 aromatic heterocycles. The molecule has 0 atom stereocenters. The molecule has 0 aromatic rings. The standard InChI is InChI=1S/C10H14O3/c1-4-13-10(11)9(2)7-5-6-8-12-3/h2,4,7-8H2,1,3H3. The smallest absolute Gasteiger partial charge is 0.334 e. The topological polar surface area (TPSA) is 35.5 Å². The summed E-state index contributed by atoms with van der Waals surface area (Å²) in [7, 11) is 1.56. The Kier molecular flexibility index (Phi) is 6.66. The van der Waals surface area contributed by atoms with Gasteiger partial charge in [-0.25, -0.2) is 4.79 Å². The summed E-state index contributed by atoms with van der Waals surface area (Å²) in [5.41, 5.74) is 0.380. The van der Waals surface area contributed by atoms with Gasteiger partial charge in [0.25, 0.3) is 0 Å². The van der Waals surface area contributed by atoms with Crippen molar-refractivity contribution in [1.29, 1.82) is 0 Å². The lowest BCUT2D eigenvalue weighted by Gasteiger charge is -2.00. The van der Waals surface area contributed by atoms with E-state index in [1.165, 1.54) is 0 Å². The Morgan fingerprint density at radius 1 is 1.46 bits per heavy atom. The molecule has 3 heteroatoms. The summed E-state index contributed by atoms with van der Waals surface area (Å²) in [5.74, 6) is 5.09. The SMILES string of the molecule is C=C(CC#CCOC)C(=O)OCC. The van der Waals surface area contributed by atoms with Crippen LogP contribution >= 0.6 is 0 Å². The number of carbonyl (C=O) groups excluding carboxylic acids is 1. The van der Waals surface area contributed by atoms with Crippen LogP contribution in [0.3, 0.4) is 0 Å². The number of methoxy groups -OCH3 is 1. The van der Waals surface area contributed by atoms with E-state index in [0.717, 1.165) is 0 Å². The van der Waals surface area contributed by atoms with Crippen LogP contribution in [0.1, 0.15) is 13.3 Å². The summed E-state index contributed by atoms with van der Waals surface area (Å²) in [4.78, 5) is 11.0. The van der Waals surface area contributed by atoms with E-state index in [2.05, 4.69) is 18.4 Å². The first-order chi connectivity index (χ1) is 6.22. The number of hydrogen-bond acceptors (Lipinski definition) is 3. The van der Waals surface area contributed by atoms with E-state index in [4.69, 9.17) is 9.47 Å². The fraction of sp³-hybridized carbons (Fsp3) is 0.500. The third-order valence-corrected chi connectivity index (χ3v) is 1.21. The average molecular weight is 182 g/mol. The summed E-state index contributed by atoms with van der Waals surface area (Å²) in [6.07, 6.45) is 0.336. The van der Waals surface area contributed by atoms with Crippen LogP contribution in [0, 0.1) is 11.8 Å². The summed E-state index contributed by atoms with van der Waals surface area (Å²) in [6.45, 7) is 6.04. The van der Waals surface area contributed by atoms with Gasteiger partial charge in [0, 0.05) is 19.1 Å². The van der Waals surface area contributed by atoms with Crippen LogP contribution in [-0.4, -0.2) is 26.3 Å². The van der Waals surface area contributed by atoms with Crippen molar-refractivity contribution in [1.82, 2.24) is 0 Å². The molecule has 0 heterocycles. The lowest BCUT2D eigenvalue weighted by atomic mass is 10.2. The molecule has 0 spiro atoms. The molecule has 72 valence electrons. The highest BCUT2D eigenvalue weighted by atomic mass is 16.5. The van der Waals surface area contributed by atoms with E-state index in [1.807, 2.05) is 0 Å². The first-order valence-electron chi connectivity index (χ1n) is 4.02. The molecule has 0 aliphatic heterocycles. The number of hydrogen-bond donors (Lipinski definition) is 0. The zero-order chi connectivity index (χ0) is 10.1. The molecule has 0 amide bonds. The monoisotopic (exact) mass is 182 g/mol. The molecule has 0 aliphatic rings. The maximum absolute atomic E-state index is 11.0. The first-order valence-corrected chi connectivity index (χ1v) is 4.02. The Balaban J connectivity index is 3.76. The van der Waals surface area contributed by atoms with Crippen molar-refractivity contribution in [2.75, 3.05) is 20.3 Å². The van der Waals surface area contributed by atoms with Gasteiger partial charge < -0.3 is 9.47 Å². The molecule has 0 N–H and O–H groups in total. The van der Waals surface area contributed by atoms with Gasteiger partial charge in [-0.3, -0.25) is 0 Å². The molecule has 0 fully saturated rings. The van der Waals surface area contributed by atoms with Gasteiger partial charge in [0.2, 0.25) is 0 Å². The minimum atomic E-state index is -0.380. The maximum atomic E-state index is 11.0. The molecule has 0 saturated carbocycles. The van der Waals surface area contributed by atoms with E-state index >= 15 is 0 Å². The highest BCUT2D eigenvalue weighted by Crippen LogP contribution is 1.98. The predicted molar refractivity (Wildman–Crippen MR) is 50.0 cm³/mol. The lowest BCUT2D eigenvalue weighted by molar-refractivity contribution is -0.138. The van der Waals surface area contributed by atoms with Gasteiger partial charge in [-0.15, -0.1) is 0 Å². The van der Waals surface area contributed by atoms with E-state index in [0.29, 0.717) is 25.2 Å². The van der Waals surface area contributed by atoms with Crippen LogP contribution in [0.15, 0.2) is 12.2 Å². The fourth-order valence-corrected chi connectivity index (χ4v) is 0.598. The van der Waals surface area contributed by atoms with Crippen molar-refractivity contribution in [2.45, 2.75) is 13.3 Å². The number of rotatable bonds is 4. The Morgan fingerprint density at radius 3 is 2.69 bits per heavy atom. The highest BCUT2D eigenvalue weighted by molar-refractivity contribution is 5.88. The van der Waals surface area contributed by atoms with Crippen LogP contribution in [0.2, 0.25) is 0 Å². The Morgan fingerprint density at radius 2 is 2.15 bits per heavy atom. The van der Waals surface area contributed by atoms with Crippen LogP contribution in [0.25, 0.3) is 0 Å². The average Bonchev–Trinajstić information content (AvgIpc) is 2.12. The van der Waals surface area contributed by atoms with Gasteiger partial charge in [0.05, 0.1) is 6.61 Å². The molecule has 0 aliphatic carbocycles. The fourth-order valence-electron chi connectivity index (χ4n) is 0.598. The largest absolute Gasteiger partial charge is 0.463 e. The molecule has 0 rings (SSSR count). The molecular weight excluding hydrogens is 168 g/mol. The maximum Gasteiger partial charge on any atom is 0.334 e. The Labute approximate surface area is 78.7 Å². The van der Waals surface area contributed by atoms with Crippen molar-refractivity contribution in [2.24, 2.45) is 0 Å². The second-order valence-corrected chi connectivity index (χ2v) is 2.29. The number of ether oxygens (including phenoxy) is 2. The van der Waals surface area contributed by atoms with Gasteiger partial charge in [0.15, 0.2) is 0 Å². The van der Waals surface area contributed by atoms with Crippen molar-refractivity contribution >= 4 is 5.97 Å². The second-order valence-electron chi connectivity index (χ2n) is 2.29. The van der Waals surface area contributed by atoms with Crippen molar-refractivity contribution < 1.29 is 14.3 Å². The van der Waals surface area contributed by atoms with Gasteiger partial charge in [0.1, 0.15) is 6.61 Å². The molecule has 0 radical (unpaired) electrons. The zero-order valence-electron chi connectivity index (χ0n) is 8.05. The van der Waals surface area contributed by atoms with Gasteiger partial charge in [-0.2, -0.15) is 0 Å². The quantitative estimate of drug-likeness (QED) is 0.371.